The van der Waals surface area contributed by atoms with Crippen LogP contribution in [0.15, 0.2) is 36.5 Å². The van der Waals surface area contributed by atoms with Gasteiger partial charge in [0.2, 0.25) is 0 Å². The zero-order valence-electron chi connectivity index (χ0n) is 8.02. The highest BCUT2D eigenvalue weighted by Crippen LogP contribution is 2.34. The zero-order chi connectivity index (χ0) is 11.8. The van der Waals surface area contributed by atoms with Crippen LogP contribution >= 0.6 is 11.6 Å². The molecule has 0 aliphatic carbocycles. The second-order valence-electron chi connectivity index (χ2n) is 3.26. The third kappa shape index (κ3) is 1.61. The summed E-state index contributed by atoms with van der Waals surface area (Å²) < 4.78 is 13.8. The lowest BCUT2D eigenvalue weighted by Crippen LogP contribution is -2.24. The minimum Gasteiger partial charge on any atom is -0.478 e. The second kappa shape index (κ2) is 3.72. The molecule has 1 aromatic heterocycles. The smallest absolute Gasteiger partial charge is 0.362 e. The van der Waals surface area contributed by atoms with Crippen molar-refractivity contribution in [3.8, 4) is 0 Å². The van der Waals surface area contributed by atoms with Crippen molar-refractivity contribution in [1.82, 2.24) is 4.98 Å². The summed E-state index contributed by atoms with van der Waals surface area (Å²) in [7, 11) is 0. The fourth-order valence-electron chi connectivity index (χ4n) is 1.47. The van der Waals surface area contributed by atoms with Crippen molar-refractivity contribution in [3.63, 3.8) is 0 Å². The summed E-state index contributed by atoms with van der Waals surface area (Å²) in [6.07, 6.45) is 1.46. The number of carbonyl (C=O) groups is 1. The first-order valence-electron chi connectivity index (χ1n) is 4.49. The molecule has 0 saturated carbocycles. The van der Waals surface area contributed by atoms with Crippen molar-refractivity contribution in [2.45, 2.75) is 5.13 Å². The Hall–Kier alpha value is -1.68. The van der Waals surface area contributed by atoms with Gasteiger partial charge in [-0.15, -0.1) is 0 Å². The Kier molecular flexibility index (Phi) is 2.52. The molecule has 1 unspecified atom stereocenters. The molecule has 0 aliphatic heterocycles. The molecule has 3 nitrogen and oxygen atoms in total. The van der Waals surface area contributed by atoms with Gasteiger partial charge in [-0.2, -0.15) is 0 Å². The number of alkyl halides is 2. The van der Waals surface area contributed by atoms with Crippen molar-refractivity contribution < 1.29 is 14.3 Å². The molecule has 5 heteroatoms. The van der Waals surface area contributed by atoms with Crippen LogP contribution in [0.3, 0.4) is 0 Å². The van der Waals surface area contributed by atoms with Gasteiger partial charge in [0.05, 0.1) is 5.52 Å². The van der Waals surface area contributed by atoms with Gasteiger partial charge in [-0.3, -0.25) is 4.98 Å². The van der Waals surface area contributed by atoms with E-state index in [1.54, 1.807) is 24.3 Å². The van der Waals surface area contributed by atoms with Gasteiger partial charge in [0.15, 0.2) is 0 Å². The van der Waals surface area contributed by atoms with Crippen molar-refractivity contribution in [2.75, 3.05) is 0 Å². The van der Waals surface area contributed by atoms with Crippen molar-refractivity contribution in [3.05, 3.63) is 42.1 Å². The lowest BCUT2D eigenvalue weighted by molar-refractivity contribution is -0.145. The van der Waals surface area contributed by atoms with E-state index in [1.807, 2.05) is 0 Å². The molecule has 1 N–H and O–H groups in total. The first-order valence-corrected chi connectivity index (χ1v) is 4.86. The van der Waals surface area contributed by atoms with E-state index >= 15 is 0 Å². The van der Waals surface area contributed by atoms with Crippen LogP contribution < -0.4 is 0 Å². The van der Waals surface area contributed by atoms with Crippen LogP contribution in [-0.4, -0.2) is 16.1 Å². The van der Waals surface area contributed by atoms with Crippen LogP contribution in [0, 0.1) is 0 Å². The van der Waals surface area contributed by atoms with E-state index < -0.39 is 11.1 Å². The maximum atomic E-state index is 13.8. The van der Waals surface area contributed by atoms with E-state index in [2.05, 4.69) is 4.98 Å². The molecular formula is C11H7ClFNO2. The Morgan fingerprint density at radius 2 is 2.06 bits per heavy atom. The van der Waals surface area contributed by atoms with Crippen LogP contribution in [-0.2, 0) is 9.92 Å². The number of rotatable bonds is 2. The maximum absolute atomic E-state index is 13.8. The maximum Gasteiger partial charge on any atom is 0.362 e. The quantitative estimate of drug-likeness (QED) is 0.820. The van der Waals surface area contributed by atoms with E-state index in [4.69, 9.17) is 16.7 Å². The van der Waals surface area contributed by atoms with Crippen molar-refractivity contribution >= 4 is 28.5 Å². The van der Waals surface area contributed by atoms with Crippen LogP contribution in [0.5, 0.6) is 0 Å². The molecule has 82 valence electrons. The second-order valence-corrected chi connectivity index (χ2v) is 3.78. The molecule has 1 aromatic carbocycles. The zero-order valence-corrected chi connectivity index (χ0v) is 8.78. The molecule has 0 amide bonds. The SMILES string of the molecule is O=C(O)C(F)(Cl)c1cccc2cccnc12. The molecule has 2 rings (SSSR count). The first kappa shape index (κ1) is 10.8. The number of pyridine rings is 1. The first-order chi connectivity index (χ1) is 7.53. The van der Waals surface area contributed by atoms with Gasteiger partial charge in [-0.25, -0.2) is 9.18 Å². The molecule has 0 radical (unpaired) electrons. The van der Waals surface area contributed by atoms with Gasteiger partial charge in [0, 0.05) is 17.1 Å². The number of carboxylic acid groups (broad SMARTS) is 1. The van der Waals surface area contributed by atoms with Crippen LogP contribution in [0.2, 0.25) is 0 Å². The number of nitrogens with zero attached hydrogens (tertiary/aromatic N) is 1. The number of aliphatic carboxylic acids is 1. The summed E-state index contributed by atoms with van der Waals surface area (Å²) in [6, 6.07) is 7.96. The normalized spacial score (nSPS) is 14.6. The molecule has 0 aliphatic rings. The average molecular weight is 240 g/mol. The van der Waals surface area contributed by atoms with Crippen LogP contribution in [0.25, 0.3) is 10.9 Å². The predicted molar refractivity (Wildman–Crippen MR) is 58.0 cm³/mol. The number of halogens is 2. The highest BCUT2D eigenvalue weighted by Gasteiger charge is 2.40. The molecular weight excluding hydrogens is 233 g/mol. The Bertz CT molecular complexity index is 551. The average Bonchev–Trinajstić information content (AvgIpc) is 2.28. The van der Waals surface area contributed by atoms with E-state index in [0.29, 0.717) is 5.39 Å². The van der Waals surface area contributed by atoms with Crippen molar-refractivity contribution in [1.29, 1.82) is 0 Å². The summed E-state index contributed by atoms with van der Waals surface area (Å²) in [5.41, 5.74) is 0.102. The number of aromatic nitrogens is 1. The molecule has 1 atom stereocenters. The van der Waals surface area contributed by atoms with E-state index in [1.165, 1.54) is 12.3 Å². The Labute approximate surface area is 95.5 Å². The number of para-hydroxylation sites is 1. The predicted octanol–water partition coefficient (Wildman–Crippen LogP) is 2.68. The highest BCUT2D eigenvalue weighted by molar-refractivity contribution is 6.33. The summed E-state index contributed by atoms with van der Waals surface area (Å²) >= 11 is 5.37. The Balaban J connectivity index is 2.74. The topological polar surface area (TPSA) is 50.2 Å². The summed E-state index contributed by atoms with van der Waals surface area (Å²) in [5, 5.41) is 6.41. The summed E-state index contributed by atoms with van der Waals surface area (Å²) in [5.74, 6) is -1.74. The lowest BCUT2D eigenvalue weighted by Gasteiger charge is -2.14. The molecule has 0 bridgehead atoms. The molecule has 2 aromatic rings. The molecule has 0 spiro atoms. The van der Waals surface area contributed by atoms with Gasteiger partial charge < -0.3 is 5.11 Å². The van der Waals surface area contributed by atoms with E-state index in [9.17, 15) is 9.18 Å². The number of benzene rings is 1. The minimum atomic E-state index is -2.95. The van der Waals surface area contributed by atoms with Gasteiger partial charge in [-0.1, -0.05) is 35.9 Å². The van der Waals surface area contributed by atoms with Crippen LogP contribution in [0.4, 0.5) is 4.39 Å². The van der Waals surface area contributed by atoms with Gasteiger partial charge in [0.25, 0.3) is 0 Å². The lowest BCUT2D eigenvalue weighted by atomic mass is 10.1. The molecule has 0 fully saturated rings. The number of hydrogen-bond donors (Lipinski definition) is 1. The number of fused-ring (bicyclic) bond motifs is 1. The fourth-order valence-corrected chi connectivity index (χ4v) is 1.63. The number of hydrogen-bond acceptors (Lipinski definition) is 2. The van der Waals surface area contributed by atoms with E-state index in [0.717, 1.165) is 0 Å². The van der Waals surface area contributed by atoms with Gasteiger partial charge in [0.1, 0.15) is 0 Å². The van der Waals surface area contributed by atoms with Gasteiger partial charge in [-0.05, 0) is 6.07 Å². The fraction of sp³-hybridized carbons (Fsp3) is 0.0909. The standard InChI is InChI=1S/C11H7ClFNO2/c12-11(13,10(15)16)8-5-1-3-7-4-2-6-14-9(7)8/h1-6H,(H,15,16). The number of carboxylic acids is 1. The summed E-state index contributed by atoms with van der Waals surface area (Å²) in [6.45, 7) is 0. The van der Waals surface area contributed by atoms with Gasteiger partial charge >= 0.3 is 11.1 Å². The Morgan fingerprint density at radius 1 is 1.38 bits per heavy atom. The molecule has 0 saturated heterocycles. The third-order valence-corrected chi connectivity index (χ3v) is 2.60. The van der Waals surface area contributed by atoms with E-state index in [-0.39, 0.29) is 11.1 Å². The van der Waals surface area contributed by atoms with Crippen molar-refractivity contribution in [2.24, 2.45) is 0 Å². The van der Waals surface area contributed by atoms with Crippen LogP contribution in [0.1, 0.15) is 5.56 Å². The Morgan fingerprint density at radius 3 is 2.75 bits per heavy atom. The minimum absolute atomic E-state index is 0.153. The summed E-state index contributed by atoms with van der Waals surface area (Å²) in [4.78, 5) is 14.7. The molecule has 16 heavy (non-hydrogen) atoms. The molecule has 1 heterocycles. The largest absolute Gasteiger partial charge is 0.478 e. The highest BCUT2D eigenvalue weighted by atomic mass is 35.5. The monoisotopic (exact) mass is 239 g/mol. The third-order valence-electron chi connectivity index (χ3n) is 2.24.